The molecule has 0 saturated carbocycles. The minimum atomic E-state index is -0.307. The maximum Gasteiger partial charge on any atom is 0.238 e. The summed E-state index contributed by atoms with van der Waals surface area (Å²) in [6, 6.07) is 7.27. The molecule has 1 fully saturated rings. The molecule has 0 spiro atoms. The average Bonchev–Trinajstić information content (AvgIpc) is 2.38. The molecule has 104 valence electrons. The van der Waals surface area contributed by atoms with Crippen LogP contribution in [0.25, 0.3) is 0 Å². The van der Waals surface area contributed by atoms with Gasteiger partial charge in [-0.2, -0.15) is 0 Å². The smallest absolute Gasteiger partial charge is 0.238 e. The Morgan fingerprint density at radius 2 is 2.42 bits per heavy atom. The maximum atomic E-state index is 11.9. The van der Waals surface area contributed by atoms with E-state index in [-0.39, 0.29) is 12.0 Å². The van der Waals surface area contributed by atoms with Crippen molar-refractivity contribution < 1.29 is 14.6 Å². The van der Waals surface area contributed by atoms with Gasteiger partial charge in [-0.15, -0.1) is 0 Å². The van der Waals surface area contributed by atoms with E-state index in [0.29, 0.717) is 18.8 Å². The SMILES string of the molecule is COc1cccc(NC(=O)CN2CCCC(O)C2)c1. The highest BCUT2D eigenvalue weighted by atomic mass is 16.5. The van der Waals surface area contributed by atoms with Gasteiger partial charge in [0, 0.05) is 18.3 Å². The molecule has 5 nitrogen and oxygen atoms in total. The Morgan fingerprint density at radius 1 is 1.58 bits per heavy atom. The molecule has 0 aromatic heterocycles. The van der Waals surface area contributed by atoms with E-state index < -0.39 is 0 Å². The highest BCUT2D eigenvalue weighted by Gasteiger charge is 2.19. The van der Waals surface area contributed by atoms with Crippen LogP contribution in [0.4, 0.5) is 5.69 Å². The molecule has 0 radical (unpaired) electrons. The molecule has 1 atom stereocenters. The summed E-state index contributed by atoms with van der Waals surface area (Å²) in [6.07, 6.45) is 1.46. The summed E-state index contributed by atoms with van der Waals surface area (Å²) in [7, 11) is 1.59. The number of aliphatic hydroxyl groups is 1. The van der Waals surface area contributed by atoms with E-state index in [1.54, 1.807) is 13.2 Å². The van der Waals surface area contributed by atoms with Gasteiger partial charge in [0.25, 0.3) is 0 Å². The molecule has 19 heavy (non-hydrogen) atoms. The van der Waals surface area contributed by atoms with E-state index in [9.17, 15) is 9.90 Å². The molecule has 1 saturated heterocycles. The van der Waals surface area contributed by atoms with Crippen molar-refractivity contribution >= 4 is 11.6 Å². The predicted molar refractivity (Wildman–Crippen MR) is 73.3 cm³/mol. The Labute approximate surface area is 113 Å². The third kappa shape index (κ3) is 4.22. The molecule has 1 aliphatic heterocycles. The molecule has 0 bridgehead atoms. The number of methoxy groups -OCH3 is 1. The minimum Gasteiger partial charge on any atom is -0.497 e. The molecule has 1 amide bonds. The summed E-state index contributed by atoms with van der Waals surface area (Å²) in [4.78, 5) is 13.9. The highest BCUT2D eigenvalue weighted by molar-refractivity contribution is 5.92. The van der Waals surface area contributed by atoms with Crippen LogP contribution in [0.1, 0.15) is 12.8 Å². The first-order valence-electron chi connectivity index (χ1n) is 6.51. The number of carbonyl (C=O) groups excluding carboxylic acids is 1. The second-order valence-electron chi connectivity index (χ2n) is 4.81. The van der Waals surface area contributed by atoms with E-state index in [1.165, 1.54) is 0 Å². The summed E-state index contributed by atoms with van der Waals surface area (Å²) >= 11 is 0. The first-order chi connectivity index (χ1) is 9.17. The lowest BCUT2D eigenvalue weighted by Gasteiger charge is -2.29. The number of hydrogen-bond donors (Lipinski definition) is 2. The molecule has 2 N–H and O–H groups in total. The summed E-state index contributed by atoms with van der Waals surface area (Å²) in [5, 5.41) is 12.4. The zero-order valence-electron chi connectivity index (χ0n) is 11.1. The lowest BCUT2D eigenvalue weighted by atomic mass is 10.1. The van der Waals surface area contributed by atoms with Gasteiger partial charge >= 0.3 is 0 Å². The number of hydrogen-bond acceptors (Lipinski definition) is 4. The Kier molecular flexibility index (Phi) is 4.76. The van der Waals surface area contributed by atoms with Crippen LogP contribution in [-0.2, 0) is 4.79 Å². The van der Waals surface area contributed by atoms with E-state index in [2.05, 4.69) is 5.32 Å². The minimum absolute atomic E-state index is 0.0673. The number of likely N-dealkylation sites (tertiary alicyclic amines) is 1. The van der Waals surface area contributed by atoms with Gasteiger partial charge in [-0.1, -0.05) is 6.07 Å². The van der Waals surface area contributed by atoms with Gasteiger partial charge in [0.1, 0.15) is 5.75 Å². The van der Waals surface area contributed by atoms with Crippen molar-refractivity contribution in [3.8, 4) is 5.75 Å². The van der Waals surface area contributed by atoms with Crippen LogP contribution < -0.4 is 10.1 Å². The third-order valence-electron chi connectivity index (χ3n) is 3.20. The fourth-order valence-electron chi connectivity index (χ4n) is 2.28. The first-order valence-corrected chi connectivity index (χ1v) is 6.51. The Morgan fingerprint density at radius 3 is 3.16 bits per heavy atom. The Bertz CT molecular complexity index is 436. The summed E-state index contributed by atoms with van der Waals surface area (Å²) in [5.41, 5.74) is 0.724. The molecule has 0 aliphatic carbocycles. The molecule has 1 aliphatic rings. The molecule has 1 heterocycles. The van der Waals surface area contributed by atoms with Crippen molar-refractivity contribution in [2.75, 3.05) is 32.1 Å². The van der Waals surface area contributed by atoms with Crippen molar-refractivity contribution in [1.29, 1.82) is 0 Å². The lowest BCUT2D eigenvalue weighted by molar-refractivity contribution is -0.118. The van der Waals surface area contributed by atoms with Crippen LogP contribution in [0.15, 0.2) is 24.3 Å². The van der Waals surface area contributed by atoms with Crippen molar-refractivity contribution in [3.63, 3.8) is 0 Å². The molecule has 5 heteroatoms. The second kappa shape index (κ2) is 6.54. The average molecular weight is 264 g/mol. The molecule has 1 aromatic carbocycles. The second-order valence-corrected chi connectivity index (χ2v) is 4.81. The van der Waals surface area contributed by atoms with Gasteiger partial charge in [0.05, 0.1) is 19.8 Å². The summed E-state index contributed by atoms with van der Waals surface area (Å²) in [5.74, 6) is 0.647. The number of anilines is 1. The Balaban J connectivity index is 1.86. The molecular formula is C14H20N2O3. The fraction of sp³-hybridized carbons (Fsp3) is 0.500. The van der Waals surface area contributed by atoms with Crippen LogP contribution >= 0.6 is 0 Å². The topological polar surface area (TPSA) is 61.8 Å². The quantitative estimate of drug-likeness (QED) is 0.854. The van der Waals surface area contributed by atoms with Crippen molar-refractivity contribution in [1.82, 2.24) is 4.90 Å². The molecule has 2 rings (SSSR count). The van der Waals surface area contributed by atoms with Gasteiger partial charge in [-0.3, -0.25) is 9.69 Å². The number of amides is 1. The third-order valence-corrected chi connectivity index (χ3v) is 3.20. The lowest BCUT2D eigenvalue weighted by Crippen LogP contribution is -2.42. The summed E-state index contributed by atoms with van der Waals surface area (Å²) < 4.78 is 5.11. The highest BCUT2D eigenvalue weighted by Crippen LogP contribution is 2.17. The zero-order chi connectivity index (χ0) is 13.7. The van der Waals surface area contributed by atoms with Crippen molar-refractivity contribution in [2.24, 2.45) is 0 Å². The largest absolute Gasteiger partial charge is 0.497 e. The number of β-amino-alcohol motifs (C(OH)–C–C–N with tert-alkyl or cyclic N) is 1. The van der Waals surface area contributed by atoms with Crippen LogP contribution in [0.2, 0.25) is 0 Å². The molecule has 1 unspecified atom stereocenters. The fourth-order valence-corrected chi connectivity index (χ4v) is 2.28. The number of aliphatic hydroxyl groups excluding tert-OH is 1. The first kappa shape index (κ1) is 13.8. The van der Waals surface area contributed by atoms with Crippen molar-refractivity contribution in [2.45, 2.75) is 18.9 Å². The van der Waals surface area contributed by atoms with E-state index >= 15 is 0 Å². The van der Waals surface area contributed by atoms with Gasteiger partial charge in [-0.05, 0) is 31.5 Å². The van der Waals surface area contributed by atoms with Gasteiger partial charge in [-0.25, -0.2) is 0 Å². The number of piperidine rings is 1. The van der Waals surface area contributed by atoms with Gasteiger partial charge < -0.3 is 15.2 Å². The monoisotopic (exact) mass is 264 g/mol. The zero-order valence-corrected chi connectivity index (χ0v) is 11.1. The number of benzene rings is 1. The molecule has 1 aromatic rings. The van der Waals surface area contributed by atoms with E-state index in [0.717, 1.165) is 25.1 Å². The van der Waals surface area contributed by atoms with Gasteiger partial charge in [0.15, 0.2) is 0 Å². The van der Waals surface area contributed by atoms with Crippen LogP contribution in [-0.4, -0.2) is 48.8 Å². The molecular weight excluding hydrogens is 244 g/mol. The standard InChI is InChI=1S/C14H20N2O3/c1-19-13-6-2-4-11(8-13)15-14(18)10-16-7-3-5-12(17)9-16/h2,4,6,8,12,17H,3,5,7,9-10H2,1H3,(H,15,18). The van der Waals surface area contributed by atoms with E-state index in [4.69, 9.17) is 4.74 Å². The van der Waals surface area contributed by atoms with Crippen molar-refractivity contribution in [3.05, 3.63) is 24.3 Å². The normalized spacial score (nSPS) is 20.0. The van der Waals surface area contributed by atoms with Gasteiger partial charge in [0.2, 0.25) is 5.91 Å². The number of nitrogens with one attached hydrogen (secondary N) is 1. The summed E-state index contributed by atoms with van der Waals surface area (Å²) in [6.45, 7) is 1.75. The van der Waals surface area contributed by atoms with Crippen LogP contribution in [0.3, 0.4) is 0 Å². The Hall–Kier alpha value is -1.59. The maximum absolute atomic E-state index is 11.9. The van der Waals surface area contributed by atoms with Crippen LogP contribution in [0.5, 0.6) is 5.75 Å². The number of ether oxygens (including phenoxy) is 1. The predicted octanol–water partition coefficient (Wildman–Crippen LogP) is 1.09. The number of nitrogens with zero attached hydrogens (tertiary/aromatic N) is 1. The number of rotatable bonds is 4. The van der Waals surface area contributed by atoms with Crippen LogP contribution in [0, 0.1) is 0 Å². The van der Waals surface area contributed by atoms with E-state index in [1.807, 2.05) is 23.1 Å². The number of carbonyl (C=O) groups is 1.